The van der Waals surface area contributed by atoms with Crippen LogP contribution in [0.5, 0.6) is 11.5 Å². The van der Waals surface area contributed by atoms with Crippen LogP contribution in [0.4, 0.5) is 11.4 Å². The summed E-state index contributed by atoms with van der Waals surface area (Å²) in [5, 5.41) is 5.55. The molecule has 0 fully saturated rings. The van der Waals surface area contributed by atoms with Crippen LogP contribution in [0.2, 0.25) is 0 Å². The predicted octanol–water partition coefficient (Wildman–Crippen LogP) is 6.08. The molecule has 0 atom stereocenters. The van der Waals surface area contributed by atoms with E-state index in [0.717, 1.165) is 16.8 Å². The number of ether oxygens (including phenoxy) is 2. The molecule has 4 rings (SSSR count). The molecular formula is C35H33N3O5. The van der Waals surface area contributed by atoms with Crippen LogP contribution in [0.3, 0.4) is 0 Å². The second-order valence-corrected chi connectivity index (χ2v) is 9.71. The molecule has 0 unspecified atom stereocenters. The number of benzene rings is 4. The largest absolute Gasteiger partial charge is 0.493 e. The first kappa shape index (κ1) is 30.3. The lowest BCUT2D eigenvalue weighted by molar-refractivity contribution is -0.113. The third-order valence-electron chi connectivity index (χ3n) is 6.51. The van der Waals surface area contributed by atoms with Crippen LogP contribution < -0.4 is 25.0 Å². The summed E-state index contributed by atoms with van der Waals surface area (Å²) in [6.45, 7) is 0. The molecule has 8 heteroatoms. The molecule has 0 heterocycles. The first-order chi connectivity index (χ1) is 20.8. The van der Waals surface area contributed by atoms with Gasteiger partial charge in [0, 0.05) is 36.6 Å². The number of nitrogens with one attached hydrogen (secondary N) is 2. The summed E-state index contributed by atoms with van der Waals surface area (Å²) in [4.78, 5) is 41.0. The maximum atomic E-state index is 13.3. The molecule has 0 saturated carbocycles. The Kier molecular flexibility index (Phi) is 10.1. The lowest BCUT2D eigenvalue weighted by Gasteiger charge is -2.13. The second-order valence-electron chi connectivity index (χ2n) is 9.71. The van der Waals surface area contributed by atoms with Crippen molar-refractivity contribution in [3.8, 4) is 11.5 Å². The smallest absolute Gasteiger partial charge is 0.272 e. The molecule has 0 aromatic heterocycles. The molecule has 4 aromatic rings. The number of hydrogen-bond acceptors (Lipinski definition) is 6. The van der Waals surface area contributed by atoms with Gasteiger partial charge < -0.3 is 25.0 Å². The van der Waals surface area contributed by atoms with Gasteiger partial charge in [-0.3, -0.25) is 14.4 Å². The van der Waals surface area contributed by atoms with Crippen LogP contribution in [0.1, 0.15) is 31.8 Å². The van der Waals surface area contributed by atoms with Crippen LogP contribution in [0, 0.1) is 0 Å². The number of ketones is 1. The van der Waals surface area contributed by atoms with Crippen molar-refractivity contribution in [3.63, 3.8) is 0 Å². The standard InChI is InChI=1S/C35H33N3O5/c1-38(2)29-18-10-24(11-19-29)22-30(37-34(40)27-8-6-5-7-9-27)35(41)36-28-16-14-26(15-17-28)31(39)20-12-25-13-21-32(42-3)33(23-25)43-4/h5-23H,1-4H3,(H,36,41)(H,37,40)/b20-12+,30-22-. The van der Waals surface area contributed by atoms with E-state index in [2.05, 4.69) is 10.6 Å². The number of methoxy groups -OCH3 is 2. The summed E-state index contributed by atoms with van der Waals surface area (Å²) in [6, 6.07) is 28.2. The van der Waals surface area contributed by atoms with E-state index in [1.165, 1.54) is 6.08 Å². The Morgan fingerprint density at radius 2 is 1.37 bits per heavy atom. The molecule has 218 valence electrons. The summed E-state index contributed by atoms with van der Waals surface area (Å²) < 4.78 is 10.6. The number of nitrogens with zero attached hydrogens (tertiary/aromatic N) is 1. The van der Waals surface area contributed by atoms with Crippen molar-refractivity contribution >= 4 is 41.1 Å². The number of carbonyl (C=O) groups is 3. The third kappa shape index (κ3) is 8.20. The van der Waals surface area contributed by atoms with Gasteiger partial charge in [0.15, 0.2) is 17.3 Å². The molecule has 0 saturated heterocycles. The van der Waals surface area contributed by atoms with E-state index in [4.69, 9.17) is 9.47 Å². The Morgan fingerprint density at radius 3 is 2.00 bits per heavy atom. The number of allylic oxidation sites excluding steroid dienone is 1. The first-order valence-electron chi connectivity index (χ1n) is 13.5. The third-order valence-corrected chi connectivity index (χ3v) is 6.51. The zero-order valence-electron chi connectivity index (χ0n) is 24.5. The minimum Gasteiger partial charge on any atom is -0.493 e. The van der Waals surface area contributed by atoms with Crippen molar-refractivity contribution in [3.05, 3.63) is 131 Å². The zero-order chi connectivity index (χ0) is 30.8. The van der Waals surface area contributed by atoms with E-state index < -0.39 is 11.8 Å². The molecule has 2 N–H and O–H groups in total. The molecule has 0 aliphatic carbocycles. The molecule has 0 aliphatic heterocycles. The normalized spacial score (nSPS) is 11.1. The van der Waals surface area contributed by atoms with E-state index in [1.54, 1.807) is 87.0 Å². The quantitative estimate of drug-likeness (QED) is 0.166. The predicted molar refractivity (Wildman–Crippen MR) is 171 cm³/mol. The minimum absolute atomic E-state index is 0.0736. The van der Waals surface area contributed by atoms with Crippen molar-refractivity contribution in [2.45, 2.75) is 0 Å². The average Bonchev–Trinajstić information content (AvgIpc) is 3.04. The van der Waals surface area contributed by atoms with Crippen molar-refractivity contribution in [2.75, 3.05) is 38.5 Å². The summed E-state index contributed by atoms with van der Waals surface area (Å²) in [5.74, 6) is 0.0479. The van der Waals surface area contributed by atoms with Gasteiger partial charge in [-0.05, 0) is 83.9 Å². The molecule has 0 bridgehead atoms. The monoisotopic (exact) mass is 575 g/mol. The van der Waals surface area contributed by atoms with Gasteiger partial charge in [0.05, 0.1) is 14.2 Å². The van der Waals surface area contributed by atoms with Crippen LogP contribution in [0.25, 0.3) is 12.2 Å². The Morgan fingerprint density at radius 1 is 0.721 bits per heavy atom. The van der Waals surface area contributed by atoms with Crippen LogP contribution >= 0.6 is 0 Å². The SMILES string of the molecule is COc1ccc(/C=C/C(=O)c2ccc(NC(=O)/C(=C/c3ccc(N(C)C)cc3)NC(=O)c3ccccc3)cc2)cc1OC. The maximum Gasteiger partial charge on any atom is 0.272 e. The van der Waals surface area contributed by atoms with E-state index in [9.17, 15) is 14.4 Å². The summed E-state index contributed by atoms with van der Waals surface area (Å²) in [6.07, 6.45) is 4.78. The van der Waals surface area contributed by atoms with Gasteiger partial charge in [-0.15, -0.1) is 0 Å². The van der Waals surface area contributed by atoms with Crippen LogP contribution in [0.15, 0.2) is 109 Å². The number of amides is 2. The van der Waals surface area contributed by atoms with Gasteiger partial charge in [-0.2, -0.15) is 0 Å². The Balaban J connectivity index is 1.49. The lowest BCUT2D eigenvalue weighted by atomic mass is 10.1. The fourth-order valence-electron chi connectivity index (χ4n) is 4.12. The van der Waals surface area contributed by atoms with E-state index >= 15 is 0 Å². The molecule has 8 nitrogen and oxygen atoms in total. The topological polar surface area (TPSA) is 97.0 Å². The molecular weight excluding hydrogens is 542 g/mol. The molecule has 43 heavy (non-hydrogen) atoms. The number of rotatable bonds is 11. The highest BCUT2D eigenvalue weighted by Crippen LogP contribution is 2.28. The van der Waals surface area contributed by atoms with Gasteiger partial charge in [-0.25, -0.2) is 0 Å². The number of hydrogen-bond donors (Lipinski definition) is 2. The van der Waals surface area contributed by atoms with Crippen LogP contribution in [-0.2, 0) is 4.79 Å². The van der Waals surface area contributed by atoms with Gasteiger partial charge in [0.2, 0.25) is 0 Å². The fourth-order valence-corrected chi connectivity index (χ4v) is 4.12. The lowest BCUT2D eigenvalue weighted by Crippen LogP contribution is -2.30. The van der Waals surface area contributed by atoms with E-state index in [0.29, 0.717) is 28.3 Å². The van der Waals surface area contributed by atoms with Gasteiger partial charge in [0.1, 0.15) is 5.70 Å². The minimum atomic E-state index is -0.506. The average molecular weight is 576 g/mol. The molecule has 0 radical (unpaired) electrons. The fraction of sp³-hybridized carbons (Fsp3) is 0.114. The Bertz CT molecular complexity index is 1640. The van der Waals surface area contributed by atoms with Crippen molar-refractivity contribution in [2.24, 2.45) is 0 Å². The Labute approximate surface area is 251 Å². The molecule has 0 spiro atoms. The van der Waals surface area contributed by atoms with Crippen molar-refractivity contribution in [1.29, 1.82) is 0 Å². The van der Waals surface area contributed by atoms with Crippen LogP contribution in [-0.4, -0.2) is 45.9 Å². The first-order valence-corrected chi connectivity index (χ1v) is 13.5. The summed E-state index contributed by atoms with van der Waals surface area (Å²) >= 11 is 0. The Hall–Kier alpha value is -5.63. The van der Waals surface area contributed by atoms with Gasteiger partial charge in [-0.1, -0.05) is 42.5 Å². The van der Waals surface area contributed by atoms with Crippen molar-refractivity contribution < 1.29 is 23.9 Å². The van der Waals surface area contributed by atoms with Gasteiger partial charge >= 0.3 is 0 Å². The van der Waals surface area contributed by atoms with E-state index in [-0.39, 0.29) is 11.5 Å². The molecule has 2 amide bonds. The highest BCUT2D eigenvalue weighted by atomic mass is 16.5. The number of anilines is 2. The highest BCUT2D eigenvalue weighted by Gasteiger charge is 2.15. The molecule has 4 aromatic carbocycles. The number of carbonyl (C=O) groups excluding carboxylic acids is 3. The zero-order valence-corrected chi connectivity index (χ0v) is 24.5. The summed E-state index contributed by atoms with van der Waals surface area (Å²) in [5.41, 5.74) is 3.94. The highest BCUT2D eigenvalue weighted by molar-refractivity contribution is 6.11. The second kappa shape index (κ2) is 14.3. The summed E-state index contributed by atoms with van der Waals surface area (Å²) in [7, 11) is 6.99. The van der Waals surface area contributed by atoms with Crippen molar-refractivity contribution in [1.82, 2.24) is 5.32 Å². The van der Waals surface area contributed by atoms with Gasteiger partial charge in [0.25, 0.3) is 11.8 Å². The maximum absolute atomic E-state index is 13.3. The molecule has 0 aliphatic rings. The van der Waals surface area contributed by atoms with E-state index in [1.807, 2.05) is 55.4 Å².